The number of nitrogens with one attached hydrogen (secondary N) is 1. The van der Waals surface area contributed by atoms with Gasteiger partial charge in [0, 0.05) is 6.42 Å². The number of ether oxygens (including phenoxy) is 2. The van der Waals surface area contributed by atoms with E-state index in [-0.39, 0.29) is 12.5 Å². The van der Waals surface area contributed by atoms with E-state index in [1.54, 1.807) is 6.08 Å². The molecule has 1 aliphatic heterocycles. The Labute approximate surface area is 266 Å². The van der Waals surface area contributed by atoms with Crippen LogP contribution in [0.2, 0.25) is 0 Å². The quantitative estimate of drug-likeness (QED) is 0.0582. The number of hydrogen-bond acceptors (Lipinski definition) is 8. The maximum Gasteiger partial charge on any atom is 0.220 e. The fraction of sp³-hybridized carbons (Fsp3) is 0.800. The molecule has 44 heavy (non-hydrogen) atoms. The number of aliphatic hydroxyl groups is 5. The van der Waals surface area contributed by atoms with Gasteiger partial charge in [0.1, 0.15) is 24.4 Å². The van der Waals surface area contributed by atoms with Crippen LogP contribution >= 0.6 is 0 Å². The standard InChI is InChI=1S/C35H63NO8/c1-3-5-7-9-10-11-12-13-14-15-16-17-18-19-21-22-24-29(38)28(36-31(39)25-23-20-8-6-4-2)27-43-35-34(42)33(41)32(40)30(26-37)44-35/h13-14,17-18,22,24,28-30,32-35,37-38,40-42H,3-12,15-16,19-21,23,25-27H2,1-2H3,(H,36,39)/b14-13+,18-17+,24-22+. The Morgan fingerprint density at radius 1 is 0.750 bits per heavy atom. The average molecular weight is 626 g/mol. The van der Waals surface area contributed by atoms with Crippen LogP contribution in [-0.2, 0) is 14.3 Å². The van der Waals surface area contributed by atoms with Crippen molar-refractivity contribution in [2.45, 2.75) is 166 Å². The predicted octanol–water partition coefficient (Wildman–Crippen LogP) is 4.99. The van der Waals surface area contributed by atoms with Gasteiger partial charge in [0.15, 0.2) is 6.29 Å². The van der Waals surface area contributed by atoms with Crippen LogP contribution in [0, 0.1) is 0 Å². The Morgan fingerprint density at radius 2 is 1.30 bits per heavy atom. The predicted molar refractivity (Wildman–Crippen MR) is 175 cm³/mol. The summed E-state index contributed by atoms with van der Waals surface area (Å²) in [6.07, 6.45) is 22.3. The van der Waals surface area contributed by atoms with Crippen molar-refractivity contribution in [3.8, 4) is 0 Å². The van der Waals surface area contributed by atoms with Gasteiger partial charge in [-0.3, -0.25) is 4.79 Å². The van der Waals surface area contributed by atoms with Gasteiger partial charge < -0.3 is 40.3 Å². The Hall–Kier alpha value is -1.59. The third-order valence-corrected chi connectivity index (χ3v) is 7.95. The molecule has 7 unspecified atom stereocenters. The molecule has 0 spiro atoms. The lowest BCUT2D eigenvalue weighted by molar-refractivity contribution is -0.302. The summed E-state index contributed by atoms with van der Waals surface area (Å²) in [6, 6.07) is -0.819. The van der Waals surface area contributed by atoms with E-state index in [4.69, 9.17) is 9.47 Å². The molecule has 1 heterocycles. The first kappa shape index (κ1) is 40.4. The molecule has 256 valence electrons. The SMILES string of the molecule is CCCCCCCC/C=C/CC/C=C/CC/C=C/C(O)C(COC1OC(CO)C(O)C(O)C1O)NC(=O)CCCCCCC. The topological polar surface area (TPSA) is 149 Å². The van der Waals surface area contributed by atoms with Crippen LogP contribution in [0.1, 0.15) is 123 Å². The number of carbonyl (C=O) groups excluding carboxylic acids is 1. The van der Waals surface area contributed by atoms with Gasteiger partial charge in [0.2, 0.25) is 5.91 Å². The summed E-state index contributed by atoms with van der Waals surface area (Å²) >= 11 is 0. The highest BCUT2D eigenvalue weighted by atomic mass is 16.7. The molecule has 1 amide bonds. The van der Waals surface area contributed by atoms with Crippen LogP contribution in [0.5, 0.6) is 0 Å². The third kappa shape index (κ3) is 18.4. The second-order valence-electron chi connectivity index (χ2n) is 11.9. The Kier molecular flexibility index (Phi) is 24.5. The average Bonchev–Trinajstić information content (AvgIpc) is 3.02. The number of amides is 1. The van der Waals surface area contributed by atoms with Crippen molar-refractivity contribution in [2.24, 2.45) is 0 Å². The number of hydrogen-bond donors (Lipinski definition) is 6. The highest BCUT2D eigenvalue weighted by molar-refractivity contribution is 5.76. The third-order valence-electron chi connectivity index (χ3n) is 7.95. The van der Waals surface area contributed by atoms with Crippen molar-refractivity contribution in [3.63, 3.8) is 0 Å². The van der Waals surface area contributed by atoms with E-state index in [0.717, 1.165) is 64.2 Å². The van der Waals surface area contributed by atoms with Crippen LogP contribution in [-0.4, -0.2) is 87.5 Å². The monoisotopic (exact) mass is 625 g/mol. The lowest BCUT2D eigenvalue weighted by atomic mass is 9.99. The van der Waals surface area contributed by atoms with E-state index in [0.29, 0.717) is 6.42 Å². The van der Waals surface area contributed by atoms with Gasteiger partial charge >= 0.3 is 0 Å². The first-order chi connectivity index (χ1) is 21.3. The molecule has 6 N–H and O–H groups in total. The first-order valence-corrected chi connectivity index (χ1v) is 17.2. The molecule has 0 aliphatic carbocycles. The largest absolute Gasteiger partial charge is 0.394 e. The second kappa shape index (κ2) is 26.6. The molecule has 0 aromatic carbocycles. The van der Waals surface area contributed by atoms with Gasteiger partial charge in [-0.25, -0.2) is 0 Å². The van der Waals surface area contributed by atoms with E-state index < -0.39 is 49.5 Å². The molecular weight excluding hydrogens is 562 g/mol. The van der Waals surface area contributed by atoms with E-state index in [9.17, 15) is 30.3 Å². The molecule has 1 fully saturated rings. The van der Waals surface area contributed by atoms with E-state index in [1.807, 2.05) is 6.08 Å². The van der Waals surface area contributed by atoms with Gasteiger partial charge in [0.05, 0.1) is 25.4 Å². The molecule has 1 saturated heterocycles. The summed E-state index contributed by atoms with van der Waals surface area (Å²) in [7, 11) is 0. The summed E-state index contributed by atoms with van der Waals surface area (Å²) in [5.41, 5.74) is 0. The second-order valence-corrected chi connectivity index (χ2v) is 11.9. The number of rotatable bonds is 26. The normalized spacial score (nSPS) is 24.0. The molecule has 0 aromatic heterocycles. The number of carbonyl (C=O) groups is 1. The molecule has 7 atom stereocenters. The van der Waals surface area contributed by atoms with Crippen LogP contribution in [0.4, 0.5) is 0 Å². The van der Waals surface area contributed by atoms with E-state index >= 15 is 0 Å². The van der Waals surface area contributed by atoms with Gasteiger partial charge in [-0.15, -0.1) is 0 Å². The molecule has 0 bridgehead atoms. The molecule has 1 rings (SSSR count). The fourth-order valence-electron chi connectivity index (χ4n) is 5.07. The zero-order chi connectivity index (χ0) is 32.4. The van der Waals surface area contributed by atoms with Crippen LogP contribution in [0.15, 0.2) is 36.5 Å². The molecule has 0 radical (unpaired) electrons. The minimum Gasteiger partial charge on any atom is -0.394 e. The first-order valence-electron chi connectivity index (χ1n) is 17.2. The summed E-state index contributed by atoms with van der Waals surface area (Å²) < 4.78 is 11.0. The molecular formula is C35H63NO8. The van der Waals surface area contributed by atoms with Crippen molar-refractivity contribution >= 4 is 5.91 Å². The highest BCUT2D eigenvalue weighted by Gasteiger charge is 2.44. The van der Waals surface area contributed by atoms with E-state index in [2.05, 4.69) is 43.5 Å². The van der Waals surface area contributed by atoms with Crippen molar-refractivity contribution in [1.82, 2.24) is 5.32 Å². The molecule has 0 saturated carbocycles. The molecule has 1 aliphatic rings. The smallest absolute Gasteiger partial charge is 0.220 e. The van der Waals surface area contributed by atoms with Crippen LogP contribution in [0.3, 0.4) is 0 Å². The van der Waals surface area contributed by atoms with Crippen molar-refractivity contribution in [2.75, 3.05) is 13.2 Å². The maximum absolute atomic E-state index is 12.6. The minimum absolute atomic E-state index is 0.206. The van der Waals surface area contributed by atoms with E-state index in [1.165, 1.54) is 38.5 Å². The zero-order valence-corrected chi connectivity index (χ0v) is 27.4. The molecule has 9 nitrogen and oxygen atoms in total. The number of aliphatic hydroxyl groups excluding tert-OH is 5. The summed E-state index contributed by atoms with van der Waals surface area (Å²) in [5.74, 6) is -0.208. The van der Waals surface area contributed by atoms with Crippen molar-refractivity contribution in [3.05, 3.63) is 36.5 Å². The number of allylic oxidation sites excluding steroid dienone is 5. The van der Waals surface area contributed by atoms with Crippen molar-refractivity contribution < 1.29 is 39.8 Å². The highest BCUT2D eigenvalue weighted by Crippen LogP contribution is 2.22. The molecule has 0 aromatic rings. The minimum atomic E-state index is -1.57. The summed E-state index contributed by atoms with van der Waals surface area (Å²) in [4.78, 5) is 12.6. The fourth-order valence-corrected chi connectivity index (χ4v) is 5.07. The lowest BCUT2D eigenvalue weighted by Crippen LogP contribution is -2.60. The zero-order valence-electron chi connectivity index (χ0n) is 27.4. The van der Waals surface area contributed by atoms with Gasteiger partial charge in [-0.2, -0.15) is 0 Å². The van der Waals surface area contributed by atoms with Crippen LogP contribution in [0.25, 0.3) is 0 Å². The number of unbranched alkanes of at least 4 members (excludes halogenated alkanes) is 12. The Morgan fingerprint density at radius 3 is 1.91 bits per heavy atom. The molecule has 9 heteroatoms. The summed E-state index contributed by atoms with van der Waals surface area (Å²) in [5, 5.41) is 53.4. The maximum atomic E-state index is 12.6. The Bertz CT molecular complexity index is 787. The van der Waals surface area contributed by atoms with Gasteiger partial charge in [0.25, 0.3) is 0 Å². The summed E-state index contributed by atoms with van der Waals surface area (Å²) in [6.45, 7) is 3.60. The van der Waals surface area contributed by atoms with Gasteiger partial charge in [-0.1, -0.05) is 108 Å². The van der Waals surface area contributed by atoms with Gasteiger partial charge in [-0.05, 0) is 44.9 Å². The lowest BCUT2D eigenvalue weighted by Gasteiger charge is -2.40. The Balaban J connectivity index is 2.49. The van der Waals surface area contributed by atoms with Crippen LogP contribution < -0.4 is 5.32 Å². The van der Waals surface area contributed by atoms with Crippen molar-refractivity contribution in [1.29, 1.82) is 0 Å².